The highest BCUT2D eigenvalue weighted by Gasteiger charge is 2.25. The number of aromatic nitrogens is 1. The van der Waals surface area contributed by atoms with E-state index in [1.54, 1.807) is 0 Å². The number of nitrogen functional groups attached to an aromatic ring is 1. The summed E-state index contributed by atoms with van der Waals surface area (Å²) >= 11 is 0. The molecule has 0 saturated heterocycles. The van der Waals surface area contributed by atoms with Gasteiger partial charge in [-0.15, -0.1) is 0 Å². The van der Waals surface area contributed by atoms with Crippen LogP contribution in [0.15, 0.2) is 36.5 Å². The lowest BCUT2D eigenvalue weighted by Gasteiger charge is -2.36. The number of carboxylic acid groups (broad SMARTS) is 1. The Labute approximate surface area is 122 Å². The number of nitrogens with two attached hydrogens (primary N) is 1. The van der Waals surface area contributed by atoms with Crippen LogP contribution in [0.4, 0.5) is 22.9 Å². The molecule has 1 aliphatic rings. The minimum absolute atomic E-state index is 0.120. The number of pyridine rings is 1. The van der Waals surface area contributed by atoms with Crippen molar-refractivity contribution in [2.24, 2.45) is 0 Å². The van der Waals surface area contributed by atoms with Crippen LogP contribution in [0.5, 0.6) is 0 Å². The SMILES string of the molecule is CN1CCN(c2ncc(N)cc2C(=O)O)c2ccccc21. The number of nitrogens with zero attached hydrogens (tertiary/aromatic N) is 3. The number of carboxylic acids is 1. The molecule has 21 heavy (non-hydrogen) atoms. The highest BCUT2D eigenvalue weighted by Crippen LogP contribution is 2.37. The molecular weight excluding hydrogens is 268 g/mol. The highest BCUT2D eigenvalue weighted by atomic mass is 16.4. The maximum absolute atomic E-state index is 11.5. The van der Waals surface area contributed by atoms with Crippen LogP contribution in [0.3, 0.4) is 0 Å². The van der Waals surface area contributed by atoms with Gasteiger partial charge < -0.3 is 20.6 Å². The van der Waals surface area contributed by atoms with Gasteiger partial charge in [0.25, 0.3) is 0 Å². The van der Waals surface area contributed by atoms with Gasteiger partial charge in [-0.2, -0.15) is 0 Å². The van der Waals surface area contributed by atoms with Crippen LogP contribution in [0.25, 0.3) is 0 Å². The summed E-state index contributed by atoms with van der Waals surface area (Å²) < 4.78 is 0. The second-order valence-electron chi connectivity index (χ2n) is 5.01. The largest absolute Gasteiger partial charge is 0.478 e. The summed E-state index contributed by atoms with van der Waals surface area (Å²) in [5, 5.41) is 9.39. The Hall–Kier alpha value is -2.76. The molecule has 0 bridgehead atoms. The molecular formula is C15H16N4O2. The number of para-hydroxylation sites is 2. The third kappa shape index (κ3) is 2.24. The van der Waals surface area contributed by atoms with Gasteiger partial charge in [0.2, 0.25) is 0 Å². The van der Waals surface area contributed by atoms with Gasteiger partial charge in [0, 0.05) is 20.1 Å². The molecule has 2 aromatic rings. The molecule has 0 amide bonds. The van der Waals surface area contributed by atoms with Crippen molar-refractivity contribution < 1.29 is 9.90 Å². The summed E-state index contributed by atoms with van der Waals surface area (Å²) in [7, 11) is 2.02. The average molecular weight is 284 g/mol. The zero-order valence-corrected chi connectivity index (χ0v) is 11.7. The second-order valence-corrected chi connectivity index (χ2v) is 5.01. The molecule has 6 heteroatoms. The summed E-state index contributed by atoms with van der Waals surface area (Å²) in [6, 6.07) is 9.33. The van der Waals surface area contributed by atoms with Crippen LogP contribution in [0.2, 0.25) is 0 Å². The molecule has 0 unspecified atom stereocenters. The second kappa shape index (κ2) is 4.97. The molecule has 0 saturated carbocycles. The third-order valence-corrected chi connectivity index (χ3v) is 3.62. The number of hydrogen-bond acceptors (Lipinski definition) is 5. The van der Waals surface area contributed by atoms with Crippen molar-refractivity contribution in [3.05, 3.63) is 42.1 Å². The Bertz CT molecular complexity index is 702. The Morgan fingerprint density at radius 3 is 2.71 bits per heavy atom. The molecule has 2 heterocycles. The van der Waals surface area contributed by atoms with Crippen LogP contribution in [-0.2, 0) is 0 Å². The first-order chi connectivity index (χ1) is 10.1. The first-order valence-electron chi connectivity index (χ1n) is 6.64. The lowest BCUT2D eigenvalue weighted by atomic mass is 10.1. The van der Waals surface area contributed by atoms with E-state index < -0.39 is 5.97 Å². The quantitative estimate of drug-likeness (QED) is 0.877. The van der Waals surface area contributed by atoms with E-state index in [-0.39, 0.29) is 5.56 Å². The van der Waals surface area contributed by atoms with E-state index in [1.807, 2.05) is 36.2 Å². The van der Waals surface area contributed by atoms with Crippen LogP contribution < -0.4 is 15.5 Å². The zero-order valence-electron chi connectivity index (χ0n) is 11.7. The molecule has 0 fully saturated rings. The number of benzene rings is 1. The number of likely N-dealkylation sites (N-methyl/N-ethyl adjacent to an activating group) is 1. The summed E-state index contributed by atoms with van der Waals surface area (Å²) in [5.41, 5.74) is 8.13. The van der Waals surface area contributed by atoms with E-state index in [4.69, 9.17) is 5.73 Å². The molecule has 1 aromatic carbocycles. The summed E-state index contributed by atoms with van der Waals surface area (Å²) in [6.45, 7) is 1.47. The van der Waals surface area contributed by atoms with Gasteiger partial charge in [-0.25, -0.2) is 9.78 Å². The Morgan fingerprint density at radius 2 is 2.00 bits per heavy atom. The van der Waals surface area contributed by atoms with Crippen LogP contribution in [-0.4, -0.2) is 36.2 Å². The first-order valence-corrected chi connectivity index (χ1v) is 6.64. The topological polar surface area (TPSA) is 82.7 Å². The van der Waals surface area contributed by atoms with Crippen molar-refractivity contribution in [3.8, 4) is 0 Å². The van der Waals surface area contributed by atoms with Crippen molar-refractivity contribution in [2.45, 2.75) is 0 Å². The predicted octanol–water partition coefficient (Wildman–Crippen LogP) is 1.95. The number of rotatable bonds is 2. The van der Waals surface area contributed by atoms with Crippen molar-refractivity contribution in [3.63, 3.8) is 0 Å². The van der Waals surface area contributed by atoms with E-state index in [0.29, 0.717) is 18.1 Å². The average Bonchev–Trinajstić information content (AvgIpc) is 2.48. The lowest BCUT2D eigenvalue weighted by Crippen LogP contribution is -2.37. The van der Waals surface area contributed by atoms with E-state index in [2.05, 4.69) is 9.88 Å². The number of hydrogen-bond donors (Lipinski definition) is 2. The molecule has 1 aliphatic heterocycles. The van der Waals surface area contributed by atoms with Crippen molar-refractivity contribution in [1.82, 2.24) is 4.98 Å². The molecule has 1 aromatic heterocycles. The smallest absolute Gasteiger partial charge is 0.339 e. The minimum Gasteiger partial charge on any atom is -0.478 e. The minimum atomic E-state index is -1.03. The fourth-order valence-electron chi connectivity index (χ4n) is 2.57. The third-order valence-electron chi connectivity index (χ3n) is 3.62. The fourth-order valence-corrected chi connectivity index (χ4v) is 2.57. The number of anilines is 4. The van der Waals surface area contributed by atoms with Gasteiger partial charge in [0.1, 0.15) is 11.4 Å². The summed E-state index contributed by atoms with van der Waals surface area (Å²) in [5.74, 6) is -0.599. The summed E-state index contributed by atoms with van der Waals surface area (Å²) in [6.07, 6.45) is 1.49. The summed E-state index contributed by atoms with van der Waals surface area (Å²) in [4.78, 5) is 19.8. The van der Waals surface area contributed by atoms with Gasteiger partial charge >= 0.3 is 5.97 Å². The molecule has 0 aliphatic carbocycles. The molecule has 0 atom stereocenters. The monoisotopic (exact) mass is 284 g/mol. The Balaban J connectivity index is 2.14. The van der Waals surface area contributed by atoms with E-state index in [0.717, 1.165) is 17.9 Å². The van der Waals surface area contributed by atoms with Gasteiger partial charge in [-0.05, 0) is 18.2 Å². The Morgan fingerprint density at radius 1 is 1.29 bits per heavy atom. The standard InChI is InChI=1S/C15H16N4O2/c1-18-6-7-19(13-5-3-2-4-12(13)18)14-11(15(20)21)8-10(16)9-17-14/h2-5,8-9H,6-7,16H2,1H3,(H,20,21). The maximum Gasteiger partial charge on any atom is 0.339 e. The number of fused-ring (bicyclic) bond motifs is 1. The van der Waals surface area contributed by atoms with E-state index in [1.165, 1.54) is 12.3 Å². The number of carbonyl (C=O) groups is 1. The van der Waals surface area contributed by atoms with E-state index in [9.17, 15) is 9.90 Å². The molecule has 108 valence electrons. The van der Waals surface area contributed by atoms with E-state index >= 15 is 0 Å². The van der Waals surface area contributed by atoms with Gasteiger partial charge in [0.15, 0.2) is 0 Å². The van der Waals surface area contributed by atoms with Gasteiger partial charge in [-0.1, -0.05) is 12.1 Å². The van der Waals surface area contributed by atoms with Crippen LogP contribution in [0, 0.1) is 0 Å². The molecule has 3 N–H and O–H groups in total. The molecule has 0 spiro atoms. The first kappa shape index (κ1) is 13.2. The van der Waals surface area contributed by atoms with Crippen molar-refractivity contribution >= 4 is 28.8 Å². The highest BCUT2D eigenvalue weighted by molar-refractivity contribution is 5.96. The normalized spacial score (nSPS) is 14.0. The van der Waals surface area contributed by atoms with Gasteiger partial charge in [0.05, 0.1) is 23.3 Å². The van der Waals surface area contributed by atoms with Crippen LogP contribution >= 0.6 is 0 Å². The maximum atomic E-state index is 11.5. The Kier molecular flexibility index (Phi) is 3.13. The van der Waals surface area contributed by atoms with Crippen LogP contribution in [0.1, 0.15) is 10.4 Å². The van der Waals surface area contributed by atoms with Crippen molar-refractivity contribution in [2.75, 3.05) is 35.7 Å². The fraction of sp³-hybridized carbons (Fsp3) is 0.200. The molecule has 6 nitrogen and oxygen atoms in total. The van der Waals surface area contributed by atoms with Crippen molar-refractivity contribution in [1.29, 1.82) is 0 Å². The molecule has 3 rings (SSSR count). The number of aromatic carboxylic acids is 1. The predicted molar refractivity (Wildman–Crippen MR) is 82.3 cm³/mol. The molecule has 0 radical (unpaired) electrons. The zero-order chi connectivity index (χ0) is 15.0. The lowest BCUT2D eigenvalue weighted by molar-refractivity contribution is 0.0697. The van der Waals surface area contributed by atoms with Gasteiger partial charge in [-0.3, -0.25) is 0 Å².